The van der Waals surface area contributed by atoms with Crippen molar-refractivity contribution in [2.45, 2.75) is 6.92 Å². The van der Waals surface area contributed by atoms with Gasteiger partial charge in [-0.15, -0.1) is 0 Å². The van der Waals surface area contributed by atoms with Crippen molar-refractivity contribution >= 4 is 22.7 Å². The third-order valence-electron chi connectivity index (χ3n) is 2.60. The van der Waals surface area contributed by atoms with E-state index >= 15 is 0 Å². The van der Waals surface area contributed by atoms with Crippen LogP contribution in [0.1, 0.15) is 16.4 Å². The van der Waals surface area contributed by atoms with Crippen molar-refractivity contribution < 1.29 is 9.21 Å². The quantitative estimate of drug-likeness (QED) is 0.724. The molecule has 0 saturated carbocycles. The van der Waals surface area contributed by atoms with Gasteiger partial charge < -0.3 is 14.7 Å². The molecule has 0 radical (unpaired) electrons. The van der Waals surface area contributed by atoms with Gasteiger partial charge in [0.1, 0.15) is 11.2 Å². The number of hydrogen-bond acceptors (Lipinski definition) is 3. The number of aromatic nitrogens is 2. The summed E-state index contributed by atoms with van der Waals surface area (Å²) in [5.41, 5.74) is 2.64. The van der Waals surface area contributed by atoms with Gasteiger partial charge >= 0.3 is 0 Å². The van der Waals surface area contributed by atoms with Crippen LogP contribution < -0.4 is 5.32 Å². The van der Waals surface area contributed by atoms with E-state index in [1.165, 1.54) is 0 Å². The predicted molar refractivity (Wildman–Crippen MR) is 67.5 cm³/mol. The molecule has 1 aromatic carbocycles. The molecule has 0 saturated heterocycles. The van der Waals surface area contributed by atoms with E-state index in [9.17, 15) is 4.79 Å². The SMILES string of the molecule is Cc1nc2ccc(NC(=O)c3ccc[nH]3)cc2o1. The van der Waals surface area contributed by atoms with E-state index in [0.717, 1.165) is 5.52 Å². The predicted octanol–water partition coefficient (Wildman–Crippen LogP) is 2.72. The first-order valence-electron chi connectivity index (χ1n) is 5.54. The number of aromatic amines is 1. The number of hydrogen-bond donors (Lipinski definition) is 2. The maximum absolute atomic E-state index is 11.8. The van der Waals surface area contributed by atoms with Gasteiger partial charge in [-0.1, -0.05) is 0 Å². The average molecular weight is 241 g/mol. The topological polar surface area (TPSA) is 70.9 Å². The molecule has 0 aliphatic heterocycles. The Balaban J connectivity index is 1.88. The van der Waals surface area contributed by atoms with Crippen LogP contribution in [0.2, 0.25) is 0 Å². The number of aryl methyl sites for hydroxylation is 1. The minimum Gasteiger partial charge on any atom is -0.441 e. The molecular weight excluding hydrogens is 230 g/mol. The number of benzene rings is 1. The van der Waals surface area contributed by atoms with Crippen LogP contribution in [0.15, 0.2) is 40.9 Å². The Morgan fingerprint density at radius 2 is 2.28 bits per heavy atom. The molecule has 18 heavy (non-hydrogen) atoms. The molecule has 5 nitrogen and oxygen atoms in total. The van der Waals surface area contributed by atoms with Crippen molar-refractivity contribution in [3.8, 4) is 0 Å². The van der Waals surface area contributed by atoms with Crippen LogP contribution >= 0.6 is 0 Å². The maximum atomic E-state index is 11.8. The van der Waals surface area contributed by atoms with Crippen LogP contribution in [0.5, 0.6) is 0 Å². The zero-order chi connectivity index (χ0) is 12.5. The highest BCUT2D eigenvalue weighted by Crippen LogP contribution is 2.20. The van der Waals surface area contributed by atoms with Gasteiger partial charge in [-0.2, -0.15) is 0 Å². The number of carbonyl (C=O) groups is 1. The third kappa shape index (κ3) is 1.86. The van der Waals surface area contributed by atoms with E-state index < -0.39 is 0 Å². The Labute approximate surface area is 103 Å². The van der Waals surface area contributed by atoms with Gasteiger partial charge in [-0.05, 0) is 24.3 Å². The lowest BCUT2D eigenvalue weighted by Gasteiger charge is -2.02. The maximum Gasteiger partial charge on any atom is 0.272 e. The standard InChI is InChI=1S/C13H11N3O2/c1-8-15-10-5-4-9(7-12(10)18-8)16-13(17)11-3-2-6-14-11/h2-7,14H,1H3,(H,16,17). The zero-order valence-corrected chi connectivity index (χ0v) is 9.73. The van der Waals surface area contributed by atoms with Gasteiger partial charge in [-0.3, -0.25) is 4.79 Å². The van der Waals surface area contributed by atoms with Crippen molar-refractivity contribution in [2.75, 3.05) is 5.32 Å². The molecule has 2 heterocycles. The number of oxazole rings is 1. The highest BCUT2D eigenvalue weighted by molar-refractivity contribution is 6.03. The number of rotatable bonds is 2. The molecule has 0 unspecified atom stereocenters. The molecule has 5 heteroatoms. The molecule has 0 aliphatic rings. The number of anilines is 1. The summed E-state index contributed by atoms with van der Waals surface area (Å²) in [6.45, 7) is 1.79. The Bertz CT molecular complexity index is 698. The minimum absolute atomic E-state index is 0.185. The third-order valence-corrected chi connectivity index (χ3v) is 2.60. The van der Waals surface area contributed by atoms with Gasteiger partial charge in [0.25, 0.3) is 5.91 Å². The van der Waals surface area contributed by atoms with Crippen molar-refractivity contribution in [1.82, 2.24) is 9.97 Å². The fraction of sp³-hybridized carbons (Fsp3) is 0.0769. The number of amides is 1. The van der Waals surface area contributed by atoms with Crippen LogP contribution in [0.3, 0.4) is 0 Å². The van der Waals surface area contributed by atoms with Crippen LogP contribution in [0.25, 0.3) is 11.1 Å². The van der Waals surface area contributed by atoms with Crippen LogP contribution in [-0.2, 0) is 0 Å². The van der Waals surface area contributed by atoms with E-state index in [0.29, 0.717) is 22.9 Å². The van der Waals surface area contributed by atoms with E-state index in [-0.39, 0.29) is 5.91 Å². The molecule has 0 atom stereocenters. The normalized spacial score (nSPS) is 10.7. The van der Waals surface area contributed by atoms with Gasteiger partial charge in [0.15, 0.2) is 11.5 Å². The molecule has 0 spiro atoms. The fourth-order valence-electron chi connectivity index (χ4n) is 1.79. The summed E-state index contributed by atoms with van der Waals surface area (Å²) in [5.74, 6) is 0.424. The number of nitrogens with one attached hydrogen (secondary N) is 2. The highest BCUT2D eigenvalue weighted by atomic mass is 16.3. The average Bonchev–Trinajstić information content (AvgIpc) is 2.95. The number of carbonyl (C=O) groups excluding carboxylic acids is 1. The summed E-state index contributed by atoms with van der Waals surface area (Å²) in [6.07, 6.45) is 1.71. The van der Waals surface area contributed by atoms with Gasteiger partial charge in [-0.25, -0.2) is 4.98 Å². The van der Waals surface area contributed by atoms with E-state index in [4.69, 9.17) is 4.42 Å². The second kappa shape index (κ2) is 4.03. The van der Waals surface area contributed by atoms with Gasteiger partial charge in [0, 0.05) is 24.9 Å². The summed E-state index contributed by atoms with van der Waals surface area (Å²) in [7, 11) is 0. The first kappa shape index (κ1) is 10.6. The number of fused-ring (bicyclic) bond motifs is 1. The molecule has 3 aromatic rings. The lowest BCUT2D eigenvalue weighted by Crippen LogP contribution is -2.11. The molecule has 90 valence electrons. The van der Waals surface area contributed by atoms with Gasteiger partial charge in [0.05, 0.1) is 0 Å². The number of nitrogens with zero attached hydrogens (tertiary/aromatic N) is 1. The summed E-state index contributed by atoms with van der Waals surface area (Å²) in [4.78, 5) is 18.9. The molecular formula is C13H11N3O2. The smallest absolute Gasteiger partial charge is 0.272 e. The monoisotopic (exact) mass is 241 g/mol. The van der Waals surface area contributed by atoms with E-state index in [1.54, 1.807) is 37.4 Å². The van der Waals surface area contributed by atoms with Crippen molar-refractivity contribution in [2.24, 2.45) is 0 Å². The van der Waals surface area contributed by atoms with Crippen molar-refractivity contribution in [3.05, 3.63) is 48.1 Å². The summed E-state index contributed by atoms with van der Waals surface area (Å²) in [6, 6.07) is 8.86. The second-order valence-electron chi connectivity index (χ2n) is 3.95. The fourth-order valence-corrected chi connectivity index (χ4v) is 1.79. The molecule has 2 aromatic heterocycles. The molecule has 0 bridgehead atoms. The first-order chi connectivity index (χ1) is 8.72. The molecule has 1 amide bonds. The largest absolute Gasteiger partial charge is 0.441 e. The molecule has 3 rings (SSSR count). The van der Waals surface area contributed by atoms with E-state index in [1.807, 2.05) is 6.07 Å². The highest BCUT2D eigenvalue weighted by Gasteiger charge is 2.08. The van der Waals surface area contributed by atoms with Crippen LogP contribution in [-0.4, -0.2) is 15.9 Å². The second-order valence-corrected chi connectivity index (χ2v) is 3.95. The Morgan fingerprint density at radius 1 is 1.39 bits per heavy atom. The summed E-state index contributed by atoms with van der Waals surface area (Å²) >= 11 is 0. The Hall–Kier alpha value is -2.56. The summed E-state index contributed by atoms with van der Waals surface area (Å²) in [5, 5.41) is 2.79. The first-order valence-corrected chi connectivity index (χ1v) is 5.54. The minimum atomic E-state index is -0.185. The van der Waals surface area contributed by atoms with E-state index in [2.05, 4.69) is 15.3 Å². The van der Waals surface area contributed by atoms with Gasteiger partial charge in [0.2, 0.25) is 0 Å². The van der Waals surface area contributed by atoms with Crippen LogP contribution in [0.4, 0.5) is 5.69 Å². The number of H-pyrrole nitrogens is 1. The molecule has 2 N–H and O–H groups in total. The molecule has 0 aliphatic carbocycles. The zero-order valence-electron chi connectivity index (χ0n) is 9.73. The Kier molecular flexibility index (Phi) is 2.37. The molecule has 0 fully saturated rings. The summed E-state index contributed by atoms with van der Waals surface area (Å²) < 4.78 is 5.41. The van der Waals surface area contributed by atoms with Crippen molar-refractivity contribution in [3.63, 3.8) is 0 Å². The van der Waals surface area contributed by atoms with Crippen molar-refractivity contribution in [1.29, 1.82) is 0 Å². The lowest BCUT2D eigenvalue weighted by molar-refractivity contribution is 0.102. The van der Waals surface area contributed by atoms with Crippen LogP contribution in [0, 0.1) is 6.92 Å². The Morgan fingerprint density at radius 3 is 3.06 bits per heavy atom. The lowest BCUT2D eigenvalue weighted by atomic mass is 10.3.